The Morgan fingerprint density at radius 2 is 1.81 bits per heavy atom. The summed E-state index contributed by atoms with van der Waals surface area (Å²) in [5, 5.41) is 2.98. The molecule has 4 rings (SSSR count). The van der Waals surface area contributed by atoms with E-state index in [1.54, 1.807) is 22.9 Å². The Morgan fingerprint density at radius 3 is 2.55 bits per heavy atom. The number of nitrogens with one attached hydrogen (secondary N) is 1. The van der Waals surface area contributed by atoms with Crippen LogP contribution in [0.25, 0.3) is 17.0 Å². The maximum atomic E-state index is 13.2. The molecule has 8 nitrogen and oxygen atoms in total. The van der Waals surface area contributed by atoms with Crippen molar-refractivity contribution in [3.63, 3.8) is 0 Å². The van der Waals surface area contributed by atoms with Crippen LogP contribution < -0.4 is 16.0 Å². The van der Waals surface area contributed by atoms with Gasteiger partial charge in [0.2, 0.25) is 5.91 Å². The van der Waals surface area contributed by atoms with Gasteiger partial charge in [-0.1, -0.05) is 30.3 Å². The number of hydrogen-bond donors (Lipinski definition) is 2. The molecule has 1 fully saturated rings. The summed E-state index contributed by atoms with van der Waals surface area (Å²) in [5.41, 5.74) is 8.55. The number of fused-ring (bicyclic) bond motifs is 1. The minimum atomic E-state index is -0.794. The van der Waals surface area contributed by atoms with Gasteiger partial charge in [0.05, 0.1) is 5.69 Å². The zero-order valence-corrected chi connectivity index (χ0v) is 17.0. The second-order valence-corrected chi connectivity index (χ2v) is 7.37. The summed E-state index contributed by atoms with van der Waals surface area (Å²) in [4.78, 5) is 50.7. The highest BCUT2D eigenvalue weighted by Gasteiger charge is 2.37. The van der Waals surface area contributed by atoms with Crippen LogP contribution in [0.15, 0.2) is 54.2 Å². The van der Waals surface area contributed by atoms with Crippen molar-refractivity contribution < 1.29 is 19.2 Å². The van der Waals surface area contributed by atoms with Crippen LogP contribution in [0.2, 0.25) is 0 Å². The van der Waals surface area contributed by atoms with Crippen LogP contribution in [0.1, 0.15) is 16.7 Å². The zero-order chi connectivity index (χ0) is 22.3. The maximum absolute atomic E-state index is 13.2. The third-order valence-corrected chi connectivity index (χ3v) is 5.36. The lowest BCUT2D eigenvalue weighted by Crippen LogP contribution is -2.54. The van der Waals surface area contributed by atoms with Gasteiger partial charge in [-0.15, -0.1) is 0 Å². The lowest BCUT2D eigenvalue weighted by molar-refractivity contribution is -0.122. The van der Waals surface area contributed by atoms with Gasteiger partial charge in [0, 0.05) is 22.7 Å². The van der Waals surface area contributed by atoms with Crippen LogP contribution in [-0.2, 0) is 20.9 Å². The van der Waals surface area contributed by atoms with Crippen molar-refractivity contribution in [2.24, 2.45) is 5.73 Å². The number of amides is 5. The number of aromatic nitrogens is 1. The molecule has 31 heavy (non-hydrogen) atoms. The first-order chi connectivity index (χ1) is 14.8. The summed E-state index contributed by atoms with van der Waals surface area (Å²) in [7, 11) is 0. The predicted molar refractivity (Wildman–Crippen MR) is 116 cm³/mol. The second kappa shape index (κ2) is 7.56. The molecular weight excluding hydrogens is 396 g/mol. The highest BCUT2D eigenvalue weighted by Crippen LogP contribution is 2.29. The van der Waals surface area contributed by atoms with E-state index in [-0.39, 0.29) is 12.1 Å². The SMILES string of the molecule is Cc1cccc(N2C(=O)NC(=O)C(=Cc3cn(CC(N)=O)c4ccccc34)C2=O)c1C. The van der Waals surface area contributed by atoms with E-state index in [0.717, 1.165) is 26.9 Å². The third-order valence-electron chi connectivity index (χ3n) is 5.36. The number of urea groups is 1. The number of para-hydroxylation sites is 1. The Morgan fingerprint density at radius 1 is 1.06 bits per heavy atom. The molecule has 1 aliphatic heterocycles. The predicted octanol–water partition coefficient (Wildman–Crippen LogP) is 2.41. The summed E-state index contributed by atoms with van der Waals surface area (Å²) in [5.74, 6) is -2.00. The fraction of sp³-hybridized carbons (Fsp3) is 0.130. The van der Waals surface area contributed by atoms with Crippen molar-refractivity contribution in [3.05, 3.63) is 70.9 Å². The van der Waals surface area contributed by atoms with E-state index in [1.807, 2.05) is 44.2 Å². The average molecular weight is 416 g/mol. The molecule has 0 aliphatic carbocycles. The zero-order valence-electron chi connectivity index (χ0n) is 17.0. The van der Waals surface area contributed by atoms with Gasteiger partial charge in [-0.25, -0.2) is 9.69 Å². The Hall–Kier alpha value is -4.20. The second-order valence-electron chi connectivity index (χ2n) is 7.37. The lowest BCUT2D eigenvalue weighted by Gasteiger charge is -2.28. The van der Waals surface area contributed by atoms with Crippen molar-refractivity contribution in [2.45, 2.75) is 20.4 Å². The summed E-state index contributed by atoms with van der Waals surface area (Å²) in [6, 6.07) is 11.7. The Bertz CT molecular complexity index is 1300. The molecule has 5 amide bonds. The number of aryl methyl sites for hydroxylation is 1. The van der Waals surface area contributed by atoms with Crippen LogP contribution in [0.3, 0.4) is 0 Å². The van der Waals surface area contributed by atoms with Crippen LogP contribution in [-0.4, -0.2) is 28.3 Å². The summed E-state index contributed by atoms with van der Waals surface area (Å²) in [6.07, 6.45) is 3.09. The summed E-state index contributed by atoms with van der Waals surface area (Å²) < 4.78 is 1.66. The molecule has 1 aliphatic rings. The van der Waals surface area contributed by atoms with Crippen molar-refractivity contribution in [1.82, 2.24) is 9.88 Å². The number of hydrogen-bond acceptors (Lipinski definition) is 4. The number of primary amides is 1. The maximum Gasteiger partial charge on any atom is 0.335 e. The van der Waals surface area contributed by atoms with Crippen LogP contribution in [0, 0.1) is 13.8 Å². The fourth-order valence-electron chi connectivity index (χ4n) is 3.70. The van der Waals surface area contributed by atoms with Gasteiger partial charge < -0.3 is 10.3 Å². The van der Waals surface area contributed by atoms with E-state index < -0.39 is 23.8 Å². The molecule has 2 heterocycles. The van der Waals surface area contributed by atoms with Gasteiger partial charge in [0.15, 0.2) is 0 Å². The number of anilines is 1. The molecule has 1 saturated heterocycles. The van der Waals surface area contributed by atoms with Gasteiger partial charge >= 0.3 is 6.03 Å². The van der Waals surface area contributed by atoms with Crippen molar-refractivity contribution in [3.8, 4) is 0 Å². The summed E-state index contributed by atoms with van der Waals surface area (Å²) in [6.45, 7) is 3.64. The minimum Gasteiger partial charge on any atom is -0.368 e. The normalized spacial score (nSPS) is 15.6. The quantitative estimate of drug-likeness (QED) is 0.502. The molecule has 156 valence electrons. The van der Waals surface area contributed by atoms with Gasteiger partial charge in [0.25, 0.3) is 11.8 Å². The van der Waals surface area contributed by atoms with Gasteiger partial charge in [-0.2, -0.15) is 0 Å². The molecule has 0 radical (unpaired) electrons. The standard InChI is InChI=1S/C23H20N4O4/c1-13-6-5-9-18(14(13)2)27-22(30)17(21(29)25-23(27)31)10-15-11-26(12-20(24)28)19-8-4-3-7-16(15)19/h3-11H,12H2,1-2H3,(H2,24,28)(H,25,29,31). The number of rotatable bonds is 4. The Labute approximate surface area is 177 Å². The number of barbiturate groups is 1. The number of nitrogens with two attached hydrogens (primary N) is 1. The molecule has 1 aromatic heterocycles. The van der Waals surface area contributed by atoms with Gasteiger partial charge in [0.1, 0.15) is 12.1 Å². The molecule has 3 N–H and O–H groups in total. The molecule has 0 saturated carbocycles. The third kappa shape index (κ3) is 3.48. The van der Waals surface area contributed by atoms with E-state index in [4.69, 9.17) is 5.73 Å². The van der Waals surface area contributed by atoms with Crippen LogP contribution in [0.4, 0.5) is 10.5 Å². The van der Waals surface area contributed by atoms with Crippen molar-refractivity contribution in [1.29, 1.82) is 0 Å². The number of carbonyl (C=O) groups excluding carboxylic acids is 4. The number of imide groups is 2. The molecule has 0 unspecified atom stereocenters. The Balaban J connectivity index is 1.83. The van der Waals surface area contributed by atoms with E-state index >= 15 is 0 Å². The molecule has 2 aromatic carbocycles. The molecule has 3 aromatic rings. The first-order valence-corrected chi connectivity index (χ1v) is 9.61. The van der Waals surface area contributed by atoms with Crippen molar-refractivity contribution in [2.75, 3.05) is 4.90 Å². The molecule has 0 spiro atoms. The molecule has 8 heteroatoms. The number of carbonyl (C=O) groups is 4. The highest BCUT2D eigenvalue weighted by atomic mass is 16.2. The smallest absolute Gasteiger partial charge is 0.335 e. The van der Waals surface area contributed by atoms with Gasteiger partial charge in [-0.3, -0.25) is 19.7 Å². The fourth-order valence-corrected chi connectivity index (χ4v) is 3.70. The summed E-state index contributed by atoms with van der Waals surface area (Å²) >= 11 is 0. The average Bonchev–Trinajstić information content (AvgIpc) is 3.05. The van der Waals surface area contributed by atoms with Crippen LogP contribution in [0.5, 0.6) is 0 Å². The van der Waals surface area contributed by atoms with Crippen LogP contribution >= 0.6 is 0 Å². The number of benzene rings is 2. The number of nitrogens with zero attached hydrogens (tertiary/aromatic N) is 2. The lowest BCUT2D eigenvalue weighted by atomic mass is 10.0. The van der Waals surface area contributed by atoms with Crippen molar-refractivity contribution >= 4 is 46.4 Å². The van der Waals surface area contributed by atoms with Gasteiger partial charge in [-0.05, 0) is 43.2 Å². The highest BCUT2D eigenvalue weighted by molar-refractivity contribution is 6.39. The molecular formula is C23H20N4O4. The first kappa shape index (κ1) is 20.1. The van der Waals surface area contributed by atoms with E-state index in [0.29, 0.717) is 11.3 Å². The van der Waals surface area contributed by atoms with E-state index in [1.165, 1.54) is 6.08 Å². The monoisotopic (exact) mass is 416 g/mol. The molecule has 0 atom stereocenters. The first-order valence-electron chi connectivity index (χ1n) is 9.61. The largest absolute Gasteiger partial charge is 0.368 e. The Kier molecular flexibility index (Phi) is 4.90. The van der Waals surface area contributed by atoms with E-state index in [2.05, 4.69) is 5.32 Å². The topological polar surface area (TPSA) is 114 Å². The minimum absolute atomic E-state index is 0.0447. The molecule has 0 bridgehead atoms. The van der Waals surface area contributed by atoms with E-state index in [9.17, 15) is 19.2 Å².